The Labute approximate surface area is 123 Å². The Hall–Kier alpha value is -1.95. The lowest BCUT2D eigenvalue weighted by Crippen LogP contribution is -2.48. The number of thiocarbonyl (C=S) groups is 1. The molecule has 5 nitrogen and oxygen atoms in total. The summed E-state index contributed by atoms with van der Waals surface area (Å²) >= 11 is 4.92. The van der Waals surface area contributed by atoms with Crippen molar-refractivity contribution in [1.29, 1.82) is 0 Å². The van der Waals surface area contributed by atoms with Crippen LogP contribution in [-0.4, -0.2) is 16.9 Å². The average Bonchev–Trinajstić information content (AvgIpc) is 3.28. The van der Waals surface area contributed by atoms with E-state index in [0.717, 1.165) is 18.4 Å². The molecule has 1 aromatic rings. The van der Waals surface area contributed by atoms with E-state index in [1.54, 1.807) is 0 Å². The van der Waals surface area contributed by atoms with Crippen LogP contribution in [0.1, 0.15) is 24.8 Å². The van der Waals surface area contributed by atoms with E-state index in [2.05, 4.69) is 16.2 Å². The van der Waals surface area contributed by atoms with Crippen molar-refractivity contribution in [3.63, 3.8) is 0 Å². The molecule has 20 heavy (non-hydrogen) atoms. The topological polar surface area (TPSA) is 70.2 Å². The minimum absolute atomic E-state index is 0.0824. The highest BCUT2D eigenvalue weighted by Gasteiger charge is 2.29. The molecule has 2 rings (SSSR count). The second-order valence-electron chi connectivity index (χ2n) is 4.75. The summed E-state index contributed by atoms with van der Waals surface area (Å²) in [4.78, 5) is 23.0. The van der Waals surface area contributed by atoms with Gasteiger partial charge in [-0.2, -0.15) is 0 Å². The number of hydrogen-bond donors (Lipinski definition) is 3. The van der Waals surface area contributed by atoms with E-state index in [0.29, 0.717) is 12.8 Å². The number of hydrogen-bond acceptors (Lipinski definition) is 3. The lowest BCUT2D eigenvalue weighted by Gasteiger charge is -2.10. The SMILES string of the molecule is O=C(CCc1ccccc1)NNC(=S)NC(=O)C1CC1. The quantitative estimate of drug-likeness (QED) is 0.573. The van der Waals surface area contributed by atoms with Gasteiger partial charge in [0.15, 0.2) is 5.11 Å². The van der Waals surface area contributed by atoms with E-state index in [9.17, 15) is 9.59 Å². The molecule has 1 aliphatic rings. The average molecular weight is 291 g/mol. The fourth-order valence-electron chi connectivity index (χ4n) is 1.68. The molecule has 1 aliphatic carbocycles. The van der Waals surface area contributed by atoms with Gasteiger partial charge in [0.2, 0.25) is 11.8 Å². The molecule has 1 aromatic carbocycles. The molecule has 2 amide bonds. The third-order valence-corrected chi connectivity index (χ3v) is 3.19. The monoisotopic (exact) mass is 291 g/mol. The number of benzene rings is 1. The molecule has 0 saturated heterocycles. The first-order valence-electron chi connectivity index (χ1n) is 6.59. The maximum Gasteiger partial charge on any atom is 0.238 e. The molecule has 0 bridgehead atoms. The van der Waals surface area contributed by atoms with Crippen molar-refractivity contribution in [3.8, 4) is 0 Å². The molecule has 0 aromatic heterocycles. The summed E-state index contributed by atoms with van der Waals surface area (Å²) < 4.78 is 0. The Morgan fingerprint density at radius 1 is 1.15 bits per heavy atom. The Kier molecular flexibility index (Phi) is 5.06. The standard InChI is InChI=1S/C14H17N3O2S/c18-12(9-6-10-4-2-1-3-5-10)16-17-14(20)15-13(19)11-7-8-11/h1-5,11H,6-9H2,(H,16,18)(H2,15,17,19,20). The summed E-state index contributed by atoms with van der Waals surface area (Å²) in [5, 5.41) is 2.67. The Bertz CT molecular complexity index is 500. The van der Waals surface area contributed by atoms with Gasteiger partial charge in [-0.25, -0.2) is 0 Å². The van der Waals surface area contributed by atoms with Crippen molar-refractivity contribution in [2.75, 3.05) is 0 Å². The van der Waals surface area contributed by atoms with Crippen LogP contribution in [0.2, 0.25) is 0 Å². The van der Waals surface area contributed by atoms with E-state index in [1.807, 2.05) is 30.3 Å². The van der Waals surface area contributed by atoms with Crippen LogP contribution in [0.4, 0.5) is 0 Å². The van der Waals surface area contributed by atoms with Crippen LogP contribution < -0.4 is 16.2 Å². The zero-order chi connectivity index (χ0) is 14.4. The molecule has 0 atom stereocenters. The van der Waals surface area contributed by atoms with Gasteiger partial charge in [0.05, 0.1) is 0 Å². The fraction of sp³-hybridized carbons (Fsp3) is 0.357. The molecular weight excluding hydrogens is 274 g/mol. The first kappa shape index (κ1) is 14.5. The number of aryl methyl sites for hydroxylation is 1. The summed E-state index contributed by atoms with van der Waals surface area (Å²) in [6.07, 6.45) is 2.85. The van der Waals surface area contributed by atoms with Gasteiger partial charge in [-0.05, 0) is 37.0 Å². The predicted molar refractivity (Wildman–Crippen MR) is 79.5 cm³/mol. The first-order chi connectivity index (χ1) is 9.65. The van der Waals surface area contributed by atoms with Crippen molar-refractivity contribution in [1.82, 2.24) is 16.2 Å². The number of rotatable bonds is 4. The van der Waals surface area contributed by atoms with Gasteiger partial charge in [0.25, 0.3) is 0 Å². The van der Waals surface area contributed by atoms with E-state index < -0.39 is 0 Å². The van der Waals surface area contributed by atoms with Crippen molar-refractivity contribution in [2.24, 2.45) is 5.92 Å². The summed E-state index contributed by atoms with van der Waals surface area (Å²) in [5.41, 5.74) is 6.11. The van der Waals surface area contributed by atoms with Crippen LogP contribution in [-0.2, 0) is 16.0 Å². The van der Waals surface area contributed by atoms with E-state index in [4.69, 9.17) is 12.2 Å². The number of carbonyl (C=O) groups excluding carboxylic acids is 2. The van der Waals surface area contributed by atoms with Crippen molar-refractivity contribution < 1.29 is 9.59 Å². The molecule has 3 N–H and O–H groups in total. The highest BCUT2D eigenvalue weighted by Crippen LogP contribution is 2.28. The van der Waals surface area contributed by atoms with Crippen molar-refractivity contribution in [3.05, 3.63) is 35.9 Å². The smallest absolute Gasteiger partial charge is 0.238 e. The third-order valence-electron chi connectivity index (χ3n) is 2.98. The number of amides is 2. The second kappa shape index (κ2) is 7.00. The minimum atomic E-state index is -0.170. The Morgan fingerprint density at radius 2 is 1.85 bits per heavy atom. The Balaban J connectivity index is 1.62. The van der Waals surface area contributed by atoms with Gasteiger partial charge in [-0.3, -0.25) is 20.4 Å². The highest BCUT2D eigenvalue weighted by atomic mass is 32.1. The Morgan fingerprint density at radius 3 is 2.50 bits per heavy atom. The zero-order valence-corrected chi connectivity index (χ0v) is 11.8. The molecular formula is C14H17N3O2S. The maximum atomic E-state index is 11.6. The van der Waals surface area contributed by atoms with Gasteiger partial charge in [-0.1, -0.05) is 30.3 Å². The fourth-order valence-corrected chi connectivity index (χ4v) is 1.83. The molecule has 6 heteroatoms. The van der Waals surface area contributed by atoms with E-state index in [-0.39, 0.29) is 22.8 Å². The molecule has 0 unspecified atom stereocenters. The lowest BCUT2D eigenvalue weighted by atomic mass is 10.1. The number of hydrazine groups is 1. The molecule has 0 spiro atoms. The normalized spacial score (nSPS) is 13.4. The molecule has 0 aliphatic heterocycles. The summed E-state index contributed by atoms with van der Waals surface area (Å²) in [6.45, 7) is 0. The van der Waals surface area contributed by atoms with Gasteiger partial charge in [-0.15, -0.1) is 0 Å². The second-order valence-corrected chi connectivity index (χ2v) is 5.16. The van der Waals surface area contributed by atoms with Gasteiger partial charge in [0.1, 0.15) is 0 Å². The third kappa shape index (κ3) is 4.97. The predicted octanol–water partition coefficient (Wildman–Crippen LogP) is 1.05. The lowest BCUT2D eigenvalue weighted by molar-refractivity contribution is -0.122. The van der Waals surface area contributed by atoms with Crippen LogP contribution in [0.15, 0.2) is 30.3 Å². The maximum absolute atomic E-state index is 11.6. The van der Waals surface area contributed by atoms with Crippen LogP contribution in [0.3, 0.4) is 0 Å². The van der Waals surface area contributed by atoms with Crippen molar-refractivity contribution in [2.45, 2.75) is 25.7 Å². The molecule has 1 saturated carbocycles. The van der Waals surface area contributed by atoms with Crippen LogP contribution in [0, 0.1) is 5.92 Å². The largest absolute Gasteiger partial charge is 0.302 e. The van der Waals surface area contributed by atoms with E-state index >= 15 is 0 Å². The molecule has 0 heterocycles. The molecule has 0 radical (unpaired) electrons. The zero-order valence-electron chi connectivity index (χ0n) is 11.0. The minimum Gasteiger partial charge on any atom is -0.302 e. The highest BCUT2D eigenvalue weighted by molar-refractivity contribution is 7.80. The van der Waals surface area contributed by atoms with Crippen LogP contribution in [0.25, 0.3) is 0 Å². The van der Waals surface area contributed by atoms with Gasteiger partial charge < -0.3 is 5.32 Å². The first-order valence-corrected chi connectivity index (χ1v) is 6.99. The molecule has 106 valence electrons. The van der Waals surface area contributed by atoms with Crippen LogP contribution in [0.5, 0.6) is 0 Å². The number of nitrogens with one attached hydrogen (secondary N) is 3. The summed E-state index contributed by atoms with van der Waals surface area (Å²) in [7, 11) is 0. The van der Waals surface area contributed by atoms with Gasteiger partial charge >= 0.3 is 0 Å². The van der Waals surface area contributed by atoms with Crippen molar-refractivity contribution >= 4 is 29.1 Å². The summed E-state index contributed by atoms with van der Waals surface area (Å²) in [6, 6.07) is 9.76. The van der Waals surface area contributed by atoms with Crippen LogP contribution >= 0.6 is 12.2 Å². The van der Waals surface area contributed by atoms with E-state index in [1.165, 1.54) is 0 Å². The van der Waals surface area contributed by atoms with Gasteiger partial charge in [0, 0.05) is 12.3 Å². The number of carbonyl (C=O) groups is 2. The summed E-state index contributed by atoms with van der Waals surface area (Å²) in [5.74, 6) is -0.165. The molecule has 1 fully saturated rings.